The molecule has 1 aromatic carbocycles. The second-order valence-electron chi connectivity index (χ2n) is 5.70. The minimum atomic E-state index is -1.04. The summed E-state index contributed by atoms with van der Waals surface area (Å²) in [6.45, 7) is 5.66. The third-order valence-corrected chi connectivity index (χ3v) is 3.90. The maximum Gasteiger partial charge on any atom is 0.323 e. The van der Waals surface area contributed by atoms with Crippen LogP contribution in [0.15, 0.2) is 30.5 Å². The van der Waals surface area contributed by atoms with Gasteiger partial charge in [0, 0.05) is 11.6 Å². The zero-order valence-electron chi connectivity index (χ0n) is 13.9. The van der Waals surface area contributed by atoms with Gasteiger partial charge >= 0.3 is 5.97 Å². The lowest BCUT2D eigenvalue weighted by molar-refractivity contribution is -0.137. The average Bonchev–Trinajstić information content (AvgIpc) is 2.97. The molecule has 0 radical (unpaired) electrons. The van der Waals surface area contributed by atoms with Gasteiger partial charge in [0.05, 0.1) is 23.1 Å². The first-order valence-electron chi connectivity index (χ1n) is 7.70. The van der Waals surface area contributed by atoms with Gasteiger partial charge in [0.2, 0.25) is 0 Å². The van der Waals surface area contributed by atoms with E-state index in [0.29, 0.717) is 17.1 Å². The van der Waals surface area contributed by atoms with Crippen LogP contribution in [0.5, 0.6) is 0 Å². The monoisotopic (exact) mass is 349 g/mol. The van der Waals surface area contributed by atoms with Crippen molar-refractivity contribution in [1.82, 2.24) is 14.7 Å². The molecule has 2 rings (SSSR count). The van der Waals surface area contributed by atoms with Gasteiger partial charge in [0.25, 0.3) is 5.91 Å². The van der Waals surface area contributed by atoms with E-state index in [4.69, 9.17) is 16.7 Å². The van der Waals surface area contributed by atoms with E-state index in [9.17, 15) is 9.59 Å². The molecule has 0 aliphatic heterocycles. The Labute approximate surface area is 145 Å². The maximum atomic E-state index is 12.7. The van der Waals surface area contributed by atoms with Gasteiger partial charge in [-0.25, -0.2) is 4.68 Å². The molecule has 0 spiro atoms. The summed E-state index contributed by atoms with van der Waals surface area (Å²) >= 11 is 5.92. The first-order chi connectivity index (χ1) is 11.3. The van der Waals surface area contributed by atoms with Gasteiger partial charge in [-0.3, -0.25) is 9.59 Å². The molecule has 1 N–H and O–H groups in total. The topological polar surface area (TPSA) is 75.4 Å². The molecule has 1 amide bonds. The molecule has 24 heavy (non-hydrogen) atoms. The number of carboxylic acid groups (broad SMARTS) is 1. The summed E-state index contributed by atoms with van der Waals surface area (Å²) in [4.78, 5) is 25.0. The quantitative estimate of drug-likeness (QED) is 0.869. The molecule has 2 aromatic rings. The molecule has 0 aliphatic carbocycles. The number of amides is 1. The largest absolute Gasteiger partial charge is 0.480 e. The molecule has 0 bridgehead atoms. The molecule has 7 heteroatoms. The van der Waals surface area contributed by atoms with Crippen molar-refractivity contribution in [3.8, 4) is 5.69 Å². The lowest BCUT2D eigenvalue weighted by Crippen LogP contribution is -2.35. The summed E-state index contributed by atoms with van der Waals surface area (Å²) in [5, 5.41) is 13.9. The van der Waals surface area contributed by atoms with Gasteiger partial charge < -0.3 is 10.0 Å². The Balaban J connectivity index is 2.46. The van der Waals surface area contributed by atoms with E-state index in [1.54, 1.807) is 23.7 Å². The minimum Gasteiger partial charge on any atom is -0.480 e. The number of aliphatic carboxylic acids is 1. The number of carboxylic acids is 1. The van der Waals surface area contributed by atoms with Crippen molar-refractivity contribution in [1.29, 1.82) is 0 Å². The number of likely N-dealkylation sites (N-methyl/N-ethyl adjacent to an activating group) is 1. The Kier molecular flexibility index (Phi) is 5.62. The number of benzene rings is 1. The number of nitrogens with zero attached hydrogens (tertiary/aromatic N) is 3. The summed E-state index contributed by atoms with van der Waals surface area (Å²) in [7, 11) is 0. The van der Waals surface area contributed by atoms with E-state index in [2.05, 4.69) is 5.10 Å². The van der Waals surface area contributed by atoms with Crippen LogP contribution >= 0.6 is 11.6 Å². The fourth-order valence-corrected chi connectivity index (χ4v) is 2.65. The van der Waals surface area contributed by atoms with E-state index in [-0.39, 0.29) is 18.4 Å². The molecule has 1 aromatic heterocycles. The number of carbonyl (C=O) groups excluding carboxylic acids is 1. The third kappa shape index (κ3) is 3.76. The lowest BCUT2D eigenvalue weighted by atomic mass is 10.0. The van der Waals surface area contributed by atoms with Gasteiger partial charge in [-0.2, -0.15) is 5.10 Å². The molecule has 0 saturated heterocycles. The molecule has 0 saturated carbocycles. The van der Waals surface area contributed by atoms with Crippen molar-refractivity contribution in [3.63, 3.8) is 0 Å². The second kappa shape index (κ2) is 7.49. The van der Waals surface area contributed by atoms with Crippen LogP contribution < -0.4 is 0 Å². The fraction of sp³-hybridized carbons (Fsp3) is 0.353. The highest BCUT2D eigenvalue weighted by molar-refractivity contribution is 6.30. The summed E-state index contributed by atoms with van der Waals surface area (Å²) in [6, 6.07) is 7.16. The van der Waals surface area contributed by atoms with Crippen molar-refractivity contribution in [2.24, 2.45) is 0 Å². The van der Waals surface area contributed by atoms with Crippen LogP contribution in [-0.4, -0.2) is 44.8 Å². The van der Waals surface area contributed by atoms with Crippen LogP contribution in [0.4, 0.5) is 0 Å². The number of carbonyl (C=O) groups is 2. The van der Waals surface area contributed by atoms with Crippen LogP contribution in [0.25, 0.3) is 5.69 Å². The Morgan fingerprint density at radius 3 is 2.42 bits per heavy atom. The van der Waals surface area contributed by atoms with E-state index in [1.807, 2.05) is 26.0 Å². The minimum absolute atomic E-state index is 0.0330. The van der Waals surface area contributed by atoms with Gasteiger partial charge in [0.15, 0.2) is 0 Å². The third-order valence-electron chi connectivity index (χ3n) is 3.65. The van der Waals surface area contributed by atoms with E-state index in [1.165, 1.54) is 11.1 Å². The summed E-state index contributed by atoms with van der Waals surface area (Å²) in [5.41, 5.74) is 1.96. The van der Waals surface area contributed by atoms with Gasteiger partial charge in [-0.1, -0.05) is 25.4 Å². The number of hydrogen-bond donors (Lipinski definition) is 1. The summed E-state index contributed by atoms with van der Waals surface area (Å²) in [5.74, 6) is -1.34. The Morgan fingerprint density at radius 1 is 1.29 bits per heavy atom. The van der Waals surface area contributed by atoms with Crippen molar-refractivity contribution < 1.29 is 14.7 Å². The van der Waals surface area contributed by atoms with Crippen LogP contribution in [0.2, 0.25) is 5.02 Å². The molecule has 0 atom stereocenters. The van der Waals surface area contributed by atoms with Crippen LogP contribution in [0.1, 0.15) is 42.7 Å². The first-order valence-corrected chi connectivity index (χ1v) is 8.07. The van der Waals surface area contributed by atoms with Crippen molar-refractivity contribution in [2.75, 3.05) is 13.1 Å². The summed E-state index contributed by atoms with van der Waals surface area (Å²) in [6.07, 6.45) is 1.50. The number of aromatic nitrogens is 2. The smallest absolute Gasteiger partial charge is 0.323 e. The average molecular weight is 350 g/mol. The summed E-state index contributed by atoms with van der Waals surface area (Å²) < 4.78 is 1.70. The highest BCUT2D eigenvalue weighted by Gasteiger charge is 2.25. The maximum absolute atomic E-state index is 12.7. The molecule has 128 valence electrons. The number of rotatable bonds is 6. The van der Waals surface area contributed by atoms with E-state index < -0.39 is 5.97 Å². The van der Waals surface area contributed by atoms with Crippen molar-refractivity contribution >= 4 is 23.5 Å². The molecule has 1 heterocycles. The predicted octanol–water partition coefficient (Wildman–Crippen LogP) is 3.20. The fourth-order valence-electron chi connectivity index (χ4n) is 2.53. The standard InChI is InChI=1S/C17H20ClN3O3/c1-4-20(10-15(22)23)17(24)14-9-19-21(16(14)11(2)3)13-7-5-12(18)6-8-13/h5-9,11H,4,10H2,1-3H3,(H,22,23). The van der Waals surface area contributed by atoms with Gasteiger partial charge in [0.1, 0.15) is 6.54 Å². The van der Waals surface area contributed by atoms with Crippen molar-refractivity contribution in [3.05, 3.63) is 46.7 Å². The molecule has 0 aliphatic rings. The van der Waals surface area contributed by atoms with Crippen LogP contribution in [0, 0.1) is 0 Å². The molecular formula is C17H20ClN3O3. The molecule has 0 fully saturated rings. The van der Waals surface area contributed by atoms with Gasteiger partial charge in [-0.05, 0) is 37.1 Å². The van der Waals surface area contributed by atoms with Gasteiger partial charge in [-0.15, -0.1) is 0 Å². The Hall–Kier alpha value is -2.34. The first kappa shape index (κ1) is 18.0. The van der Waals surface area contributed by atoms with E-state index in [0.717, 1.165) is 11.4 Å². The normalized spacial score (nSPS) is 10.9. The SMILES string of the molecule is CCN(CC(=O)O)C(=O)c1cnn(-c2ccc(Cl)cc2)c1C(C)C. The lowest BCUT2D eigenvalue weighted by Gasteiger charge is -2.20. The Bertz CT molecular complexity index is 738. The van der Waals surface area contributed by atoms with Crippen LogP contribution in [0.3, 0.4) is 0 Å². The highest BCUT2D eigenvalue weighted by Crippen LogP contribution is 2.25. The Morgan fingerprint density at radius 2 is 1.92 bits per heavy atom. The zero-order valence-corrected chi connectivity index (χ0v) is 14.6. The molecular weight excluding hydrogens is 330 g/mol. The molecule has 6 nitrogen and oxygen atoms in total. The number of hydrogen-bond acceptors (Lipinski definition) is 3. The van der Waals surface area contributed by atoms with E-state index >= 15 is 0 Å². The predicted molar refractivity (Wildman–Crippen MR) is 91.9 cm³/mol. The second-order valence-corrected chi connectivity index (χ2v) is 6.14. The van der Waals surface area contributed by atoms with Crippen molar-refractivity contribution in [2.45, 2.75) is 26.7 Å². The zero-order chi connectivity index (χ0) is 17.9. The molecule has 0 unspecified atom stereocenters. The highest BCUT2D eigenvalue weighted by atomic mass is 35.5. The van der Waals surface area contributed by atoms with Crippen LogP contribution in [-0.2, 0) is 4.79 Å². The number of halogens is 1.